The normalized spacial score (nSPS) is 9.56. The maximum Gasteiger partial charge on any atom is 0.128 e. The highest BCUT2D eigenvalue weighted by Crippen LogP contribution is 1.92. The van der Waals surface area contributed by atoms with Gasteiger partial charge in [-0.3, -0.25) is 0 Å². The fraction of sp³-hybridized carbons (Fsp3) is 0.286. The van der Waals surface area contributed by atoms with Gasteiger partial charge in [-0.25, -0.2) is 9.97 Å². The number of hydrogen-bond donors (Lipinski definition) is 0. The Kier molecular flexibility index (Phi) is 1.78. The van der Waals surface area contributed by atoms with Crippen molar-refractivity contribution < 1.29 is 0 Å². The summed E-state index contributed by atoms with van der Waals surface area (Å²) in [7, 11) is 0. The summed E-state index contributed by atoms with van der Waals surface area (Å²) >= 11 is 0. The van der Waals surface area contributed by atoms with Crippen LogP contribution in [0.25, 0.3) is 0 Å². The minimum atomic E-state index is 0.793. The third-order valence-electron chi connectivity index (χ3n) is 1.08. The van der Waals surface area contributed by atoms with Gasteiger partial charge in [-0.05, 0) is 13.0 Å². The zero-order chi connectivity index (χ0) is 6.69. The van der Waals surface area contributed by atoms with E-state index in [2.05, 4.69) is 16.9 Å². The van der Waals surface area contributed by atoms with Crippen molar-refractivity contribution in [3.8, 4) is 0 Å². The lowest BCUT2D eigenvalue weighted by Crippen LogP contribution is -1.92. The Hall–Kier alpha value is -0.920. The van der Waals surface area contributed by atoms with Crippen LogP contribution in [0.1, 0.15) is 18.4 Å². The quantitative estimate of drug-likeness (QED) is 0.558. The lowest BCUT2D eigenvalue weighted by atomic mass is 10.4. The fourth-order valence-corrected chi connectivity index (χ4v) is 0.612. The third-order valence-corrected chi connectivity index (χ3v) is 1.08. The molecule has 9 heavy (non-hydrogen) atoms. The van der Waals surface area contributed by atoms with Crippen molar-refractivity contribution in [2.45, 2.75) is 13.3 Å². The van der Waals surface area contributed by atoms with E-state index in [-0.39, 0.29) is 0 Å². The molecule has 0 saturated heterocycles. The number of hydrogen-bond acceptors (Lipinski definition) is 2. The Morgan fingerprint density at radius 2 is 2.44 bits per heavy atom. The molecule has 1 aromatic heterocycles. The molecule has 1 aromatic rings. The van der Waals surface area contributed by atoms with E-state index in [0.29, 0.717) is 0 Å². The Morgan fingerprint density at radius 3 is 2.89 bits per heavy atom. The predicted octanol–water partition coefficient (Wildman–Crippen LogP) is 1.22. The molecule has 0 bridgehead atoms. The zero-order valence-electron chi connectivity index (χ0n) is 5.46. The lowest BCUT2D eigenvalue weighted by Gasteiger charge is -1.93. The fourth-order valence-electron chi connectivity index (χ4n) is 0.612. The van der Waals surface area contributed by atoms with Crippen LogP contribution in [0.15, 0.2) is 12.3 Å². The molecule has 47 valence electrons. The molecular formula is C7H9N2. The van der Waals surface area contributed by atoms with Gasteiger partial charge >= 0.3 is 0 Å². The Bertz CT molecular complexity index is 196. The SMILES string of the molecule is [CH2]c1ccnc(CC)n1. The molecule has 2 nitrogen and oxygen atoms in total. The van der Waals surface area contributed by atoms with Gasteiger partial charge < -0.3 is 0 Å². The minimum Gasteiger partial charge on any atom is -0.241 e. The lowest BCUT2D eigenvalue weighted by molar-refractivity contribution is 0.929. The molecule has 2 heteroatoms. The van der Waals surface area contributed by atoms with Gasteiger partial charge in [0, 0.05) is 18.3 Å². The molecule has 0 aliphatic carbocycles. The maximum absolute atomic E-state index is 4.07. The summed E-state index contributed by atoms with van der Waals surface area (Å²) in [6, 6.07) is 1.79. The molecule has 0 aromatic carbocycles. The molecule has 1 radical (unpaired) electrons. The first-order valence-electron chi connectivity index (χ1n) is 2.97. The van der Waals surface area contributed by atoms with Crippen LogP contribution in [0.3, 0.4) is 0 Å². The smallest absolute Gasteiger partial charge is 0.128 e. The first-order valence-corrected chi connectivity index (χ1v) is 2.97. The van der Waals surface area contributed by atoms with E-state index in [1.54, 1.807) is 12.3 Å². The molecule has 0 N–H and O–H groups in total. The van der Waals surface area contributed by atoms with Gasteiger partial charge in [0.05, 0.1) is 0 Å². The van der Waals surface area contributed by atoms with Gasteiger partial charge in [0.25, 0.3) is 0 Å². The molecule has 0 aliphatic heterocycles. The molecule has 1 rings (SSSR count). The van der Waals surface area contributed by atoms with E-state index in [4.69, 9.17) is 0 Å². The van der Waals surface area contributed by atoms with Crippen LogP contribution < -0.4 is 0 Å². The summed E-state index contributed by atoms with van der Waals surface area (Å²) in [6.07, 6.45) is 2.61. The Labute approximate surface area is 55.0 Å². The second kappa shape index (κ2) is 2.58. The average Bonchev–Trinajstić information content (AvgIpc) is 1.88. The van der Waals surface area contributed by atoms with Crippen molar-refractivity contribution in [1.29, 1.82) is 0 Å². The van der Waals surface area contributed by atoms with Gasteiger partial charge in [0.15, 0.2) is 0 Å². The van der Waals surface area contributed by atoms with Crippen molar-refractivity contribution in [2.24, 2.45) is 0 Å². The summed E-state index contributed by atoms with van der Waals surface area (Å²) in [6.45, 7) is 5.70. The topological polar surface area (TPSA) is 25.8 Å². The first-order chi connectivity index (χ1) is 4.33. The largest absolute Gasteiger partial charge is 0.241 e. The summed E-state index contributed by atoms with van der Waals surface area (Å²) in [5, 5.41) is 0. The Morgan fingerprint density at radius 1 is 1.67 bits per heavy atom. The second-order valence-corrected chi connectivity index (χ2v) is 1.82. The van der Waals surface area contributed by atoms with Gasteiger partial charge in [0.2, 0.25) is 0 Å². The minimum absolute atomic E-state index is 0.793. The van der Waals surface area contributed by atoms with E-state index >= 15 is 0 Å². The Balaban J connectivity index is 2.94. The highest BCUT2D eigenvalue weighted by Gasteiger charge is 1.89. The molecule has 0 saturated carbocycles. The number of aryl methyl sites for hydroxylation is 1. The summed E-state index contributed by atoms with van der Waals surface area (Å²) in [5.74, 6) is 0.863. The first kappa shape index (κ1) is 6.20. The van der Waals surface area contributed by atoms with Crippen molar-refractivity contribution in [2.75, 3.05) is 0 Å². The average molecular weight is 121 g/mol. The van der Waals surface area contributed by atoms with Gasteiger partial charge in [-0.15, -0.1) is 0 Å². The van der Waals surface area contributed by atoms with E-state index < -0.39 is 0 Å². The van der Waals surface area contributed by atoms with Gasteiger partial charge in [0.1, 0.15) is 5.82 Å². The second-order valence-electron chi connectivity index (χ2n) is 1.82. The summed E-state index contributed by atoms with van der Waals surface area (Å²) < 4.78 is 0. The molecule has 0 spiro atoms. The van der Waals surface area contributed by atoms with Crippen LogP contribution in [0, 0.1) is 6.92 Å². The number of rotatable bonds is 1. The molecule has 0 amide bonds. The summed E-state index contributed by atoms with van der Waals surface area (Å²) in [4.78, 5) is 8.08. The standard InChI is InChI=1S/C7H9N2/c1-3-7-8-5-4-6(2)9-7/h4-5H,2-3H2,1H3. The zero-order valence-corrected chi connectivity index (χ0v) is 5.46. The van der Waals surface area contributed by atoms with Gasteiger partial charge in [-0.2, -0.15) is 0 Å². The van der Waals surface area contributed by atoms with Crippen LogP contribution in [-0.4, -0.2) is 9.97 Å². The van der Waals surface area contributed by atoms with E-state index in [0.717, 1.165) is 17.9 Å². The number of aromatic nitrogens is 2. The molecule has 0 atom stereocenters. The highest BCUT2D eigenvalue weighted by molar-refractivity contribution is 5.04. The summed E-state index contributed by atoms with van der Waals surface area (Å²) in [5.41, 5.74) is 0.793. The van der Waals surface area contributed by atoms with Gasteiger partial charge in [-0.1, -0.05) is 6.92 Å². The number of nitrogens with zero attached hydrogens (tertiary/aromatic N) is 2. The van der Waals surface area contributed by atoms with E-state index in [1.807, 2.05) is 6.92 Å². The maximum atomic E-state index is 4.07. The van der Waals surface area contributed by atoms with Crippen LogP contribution in [0.5, 0.6) is 0 Å². The van der Waals surface area contributed by atoms with Crippen LogP contribution in [0.4, 0.5) is 0 Å². The molecular weight excluding hydrogens is 112 g/mol. The monoisotopic (exact) mass is 121 g/mol. The van der Waals surface area contributed by atoms with Crippen LogP contribution in [0.2, 0.25) is 0 Å². The van der Waals surface area contributed by atoms with Crippen LogP contribution in [-0.2, 0) is 6.42 Å². The van der Waals surface area contributed by atoms with E-state index in [1.165, 1.54) is 0 Å². The van der Waals surface area contributed by atoms with E-state index in [9.17, 15) is 0 Å². The van der Waals surface area contributed by atoms with Crippen LogP contribution >= 0.6 is 0 Å². The molecule has 1 heterocycles. The van der Waals surface area contributed by atoms with Crippen molar-refractivity contribution in [3.05, 3.63) is 30.7 Å². The third kappa shape index (κ3) is 1.49. The molecule has 0 unspecified atom stereocenters. The van der Waals surface area contributed by atoms with Crippen molar-refractivity contribution in [3.63, 3.8) is 0 Å². The highest BCUT2D eigenvalue weighted by atomic mass is 14.9. The molecule has 0 aliphatic rings. The van der Waals surface area contributed by atoms with Crippen molar-refractivity contribution >= 4 is 0 Å². The van der Waals surface area contributed by atoms with Crippen molar-refractivity contribution in [1.82, 2.24) is 9.97 Å². The predicted molar refractivity (Wildman–Crippen MR) is 35.9 cm³/mol. The molecule has 0 fully saturated rings.